The maximum atomic E-state index is 13.6. The van der Waals surface area contributed by atoms with Crippen LogP contribution in [0, 0.1) is 0 Å². The number of rotatable bonds is 8. The highest BCUT2D eigenvalue weighted by atomic mass is 35.5. The molecule has 4 rings (SSSR count). The largest absolute Gasteiger partial charge is 0.493 e. The molecule has 0 saturated heterocycles. The summed E-state index contributed by atoms with van der Waals surface area (Å²) in [6, 6.07) is 8.97. The maximum Gasteiger partial charge on any atom is 0.338 e. The van der Waals surface area contributed by atoms with Crippen LogP contribution in [-0.2, 0) is 19.1 Å². The van der Waals surface area contributed by atoms with Gasteiger partial charge in [-0.15, -0.1) is 0 Å². The highest BCUT2D eigenvalue weighted by Crippen LogP contribution is 2.46. The number of aliphatic imine (C=N–C) groups is 1. The number of anilines is 1. The van der Waals surface area contributed by atoms with E-state index < -0.39 is 23.8 Å². The number of amides is 2. The SMILES string of the molecule is CCOC(=O)C1=C(C)N=C2SC(C(=O)Nc3ccc(Cl)cc3)=CC(=O)N2C1c1cc(OC)c(OC)c(OC)c1. The molecule has 1 unspecified atom stereocenters. The van der Waals surface area contributed by atoms with Crippen LogP contribution in [0.3, 0.4) is 0 Å². The number of hydrogen-bond acceptors (Lipinski definition) is 9. The minimum absolute atomic E-state index is 0.131. The number of nitrogens with zero attached hydrogens (tertiary/aromatic N) is 2. The van der Waals surface area contributed by atoms with E-state index >= 15 is 0 Å². The van der Waals surface area contributed by atoms with Crippen LogP contribution in [0.1, 0.15) is 25.5 Å². The molecule has 0 radical (unpaired) electrons. The lowest BCUT2D eigenvalue weighted by Gasteiger charge is -2.38. The van der Waals surface area contributed by atoms with Crippen LogP contribution >= 0.6 is 23.4 Å². The third-order valence-corrected chi connectivity index (χ3v) is 7.15. The van der Waals surface area contributed by atoms with E-state index in [2.05, 4.69) is 10.3 Å². The van der Waals surface area contributed by atoms with Gasteiger partial charge in [0.25, 0.3) is 11.8 Å². The number of thioether (sulfide) groups is 1. The summed E-state index contributed by atoms with van der Waals surface area (Å²) in [5.41, 5.74) is 1.53. The normalized spacial score (nSPS) is 16.6. The van der Waals surface area contributed by atoms with Gasteiger partial charge in [0.15, 0.2) is 16.7 Å². The zero-order valence-electron chi connectivity index (χ0n) is 21.9. The van der Waals surface area contributed by atoms with Crippen molar-refractivity contribution in [1.82, 2.24) is 4.90 Å². The fraction of sp³-hybridized carbons (Fsp3) is 0.259. The van der Waals surface area contributed by atoms with Crippen molar-refractivity contribution in [3.05, 3.63) is 69.2 Å². The van der Waals surface area contributed by atoms with Crippen LogP contribution in [0.25, 0.3) is 0 Å². The molecule has 12 heteroatoms. The van der Waals surface area contributed by atoms with Crippen LogP contribution < -0.4 is 19.5 Å². The number of methoxy groups -OCH3 is 3. The lowest BCUT2D eigenvalue weighted by molar-refractivity contribution is -0.139. The second-order valence-corrected chi connectivity index (χ2v) is 9.70. The molecule has 1 atom stereocenters. The predicted octanol–water partition coefficient (Wildman–Crippen LogP) is 4.71. The first-order chi connectivity index (χ1) is 18.7. The molecule has 10 nitrogen and oxygen atoms in total. The molecular formula is C27H26ClN3O7S. The van der Waals surface area contributed by atoms with Gasteiger partial charge in [0.1, 0.15) is 0 Å². The van der Waals surface area contributed by atoms with Crippen molar-refractivity contribution < 1.29 is 33.3 Å². The molecule has 0 saturated carbocycles. The Morgan fingerprint density at radius 3 is 2.28 bits per heavy atom. The summed E-state index contributed by atoms with van der Waals surface area (Å²) in [4.78, 5) is 45.7. The minimum atomic E-state index is -0.942. The molecule has 2 heterocycles. The molecule has 2 aromatic carbocycles. The fourth-order valence-electron chi connectivity index (χ4n) is 4.18. The monoisotopic (exact) mass is 571 g/mol. The van der Waals surface area contributed by atoms with Crippen LogP contribution in [0.15, 0.2) is 63.6 Å². The molecule has 39 heavy (non-hydrogen) atoms. The number of carbonyl (C=O) groups excluding carboxylic acids is 3. The Bertz CT molecular complexity index is 1390. The Balaban J connectivity index is 1.80. The highest BCUT2D eigenvalue weighted by Gasteiger charge is 2.43. The van der Waals surface area contributed by atoms with E-state index in [1.165, 1.54) is 32.3 Å². The van der Waals surface area contributed by atoms with Crippen LogP contribution in [0.4, 0.5) is 5.69 Å². The van der Waals surface area contributed by atoms with E-state index in [-0.39, 0.29) is 22.3 Å². The topological polar surface area (TPSA) is 116 Å². The van der Waals surface area contributed by atoms with Crippen molar-refractivity contribution >= 4 is 52.0 Å². The average Bonchev–Trinajstić information content (AvgIpc) is 2.92. The van der Waals surface area contributed by atoms with Crippen molar-refractivity contribution in [2.75, 3.05) is 33.3 Å². The number of fused-ring (bicyclic) bond motifs is 1. The van der Waals surface area contributed by atoms with Gasteiger partial charge in [0, 0.05) is 16.8 Å². The Labute approximate surface area is 234 Å². The predicted molar refractivity (Wildman–Crippen MR) is 148 cm³/mol. The van der Waals surface area contributed by atoms with Crippen molar-refractivity contribution in [3.8, 4) is 17.2 Å². The number of halogens is 1. The van der Waals surface area contributed by atoms with Crippen LogP contribution in [0.5, 0.6) is 17.2 Å². The minimum Gasteiger partial charge on any atom is -0.493 e. The Hall–Kier alpha value is -3.96. The van der Waals surface area contributed by atoms with Gasteiger partial charge in [-0.05, 0) is 67.6 Å². The standard InChI is InChI=1S/C27H26ClN3O7S/c1-6-38-26(34)22-14(2)29-27-31(23(22)15-11-18(35-3)24(37-5)19(12-15)36-4)21(32)13-20(39-27)25(33)30-17-9-7-16(28)8-10-17/h7-13,23H,6H2,1-5H3,(H,30,33). The number of benzene rings is 2. The number of hydrogen-bond donors (Lipinski definition) is 1. The van der Waals surface area contributed by atoms with Gasteiger partial charge < -0.3 is 24.3 Å². The van der Waals surface area contributed by atoms with Gasteiger partial charge in [-0.1, -0.05) is 11.6 Å². The molecule has 0 bridgehead atoms. The Kier molecular flexibility index (Phi) is 8.51. The Morgan fingerprint density at radius 2 is 1.72 bits per heavy atom. The van der Waals surface area contributed by atoms with E-state index in [4.69, 9.17) is 30.5 Å². The molecule has 1 N–H and O–H groups in total. The van der Waals surface area contributed by atoms with Gasteiger partial charge in [-0.25, -0.2) is 9.79 Å². The van der Waals surface area contributed by atoms with Crippen molar-refractivity contribution in [1.29, 1.82) is 0 Å². The Morgan fingerprint density at radius 1 is 1.08 bits per heavy atom. The first-order valence-corrected chi connectivity index (χ1v) is 13.0. The molecule has 0 spiro atoms. The molecule has 204 valence electrons. The van der Waals surface area contributed by atoms with Crippen molar-refractivity contribution in [3.63, 3.8) is 0 Å². The number of esters is 1. The summed E-state index contributed by atoms with van der Waals surface area (Å²) in [6.45, 7) is 3.47. The smallest absolute Gasteiger partial charge is 0.338 e. The summed E-state index contributed by atoms with van der Waals surface area (Å²) in [6.07, 6.45) is 1.21. The van der Waals surface area contributed by atoms with Crippen molar-refractivity contribution in [2.45, 2.75) is 19.9 Å². The number of ether oxygens (including phenoxy) is 4. The molecule has 0 aromatic heterocycles. The maximum absolute atomic E-state index is 13.6. The van der Waals surface area contributed by atoms with E-state index in [0.29, 0.717) is 39.2 Å². The van der Waals surface area contributed by atoms with E-state index in [1.54, 1.807) is 50.2 Å². The van der Waals surface area contributed by atoms with Gasteiger partial charge >= 0.3 is 5.97 Å². The second kappa shape index (κ2) is 11.8. The molecule has 2 aromatic rings. The number of nitrogens with one attached hydrogen (secondary N) is 1. The zero-order valence-corrected chi connectivity index (χ0v) is 23.4. The van der Waals surface area contributed by atoms with Gasteiger partial charge in [-0.2, -0.15) is 0 Å². The molecule has 0 aliphatic carbocycles. The number of carbonyl (C=O) groups is 3. The molecule has 0 fully saturated rings. The molecule has 2 aliphatic rings. The van der Waals surface area contributed by atoms with E-state index in [1.807, 2.05) is 0 Å². The quantitative estimate of drug-likeness (QED) is 0.453. The van der Waals surface area contributed by atoms with Crippen molar-refractivity contribution in [2.24, 2.45) is 4.99 Å². The average molecular weight is 572 g/mol. The fourth-order valence-corrected chi connectivity index (χ4v) is 5.28. The first-order valence-electron chi connectivity index (χ1n) is 11.8. The summed E-state index contributed by atoms with van der Waals surface area (Å²) >= 11 is 6.94. The lowest BCUT2D eigenvalue weighted by Crippen LogP contribution is -2.45. The lowest BCUT2D eigenvalue weighted by atomic mass is 9.93. The van der Waals surface area contributed by atoms with Gasteiger partial charge in [0.2, 0.25) is 5.75 Å². The van der Waals surface area contributed by atoms with Crippen LogP contribution in [0.2, 0.25) is 5.02 Å². The summed E-state index contributed by atoms with van der Waals surface area (Å²) in [5, 5.41) is 3.51. The summed E-state index contributed by atoms with van der Waals surface area (Å²) in [7, 11) is 4.42. The summed E-state index contributed by atoms with van der Waals surface area (Å²) in [5.74, 6) is -0.612. The summed E-state index contributed by atoms with van der Waals surface area (Å²) < 4.78 is 21.8. The van der Waals surface area contributed by atoms with E-state index in [0.717, 1.165) is 11.8 Å². The molecule has 2 amide bonds. The van der Waals surface area contributed by atoms with Crippen LogP contribution in [-0.4, -0.2) is 55.8 Å². The molecule has 2 aliphatic heterocycles. The second-order valence-electron chi connectivity index (χ2n) is 8.26. The van der Waals surface area contributed by atoms with Gasteiger partial charge in [0.05, 0.1) is 50.2 Å². The highest BCUT2D eigenvalue weighted by molar-refractivity contribution is 8.18. The number of allylic oxidation sites excluding steroid dienone is 1. The number of amidine groups is 1. The zero-order chi connectivity index (χ0) is 28.3. The third-order valence-electron chi connectivity index (χ3n) is 5.91. The first kappa shape index (κ1) is 28.1. The third kappa shape index (κ3) is 5.59. The van der Waals surface area contributed by atoms with E-state index in [9.17, 15) is 14.4 Å². The molecular weight excluding hydrogens is 546 g/mol. The van der Waals surface area contributed by atoms with Gasteiger partial charge in [-0.3, -0.25) is 14.5 Å².